The first kappa shape index (κ1) is 15.8. The van der Waals surface area contributed by atoms with Gasteiger partial charge in [-0.3, -0.25) is 4.98 Å². The normalized spacial score (nSPS) is 17.4. The average Bonchev–Trinajstić information content (AvgIpc) is 2.69. The molecule has 0 aliphatic carbocycles. The lowest BCUT2D eigenvalue weighted by Gasteiger charge is -2.24. The number of hydrogen-bond acceptors (Lipinski definition) is 4. The fourth-order valence-electron chi connectivity index (χ4n) is 3.31. The number of piperidine rings is 1. The molecule has 1 unspecified atom stereocenters. The Morgan fingerprint density at radius 2 is 1.96 bits per heavy atom. The lowest BCUT2D eigenvalue weighted by atomic mass is 9.90. The number of halogens is 1. The summed E-state index contributed by atoms with van der Waals surface area (Å²) in [5, 5.41) is 3.42. The summed E-state index contributed by atoms with van der Waals surface area (Å²) >= 11 is 0. The van der Waals surface area contributed by atoms with Crippen LogP contribution in [0, 0.1) is 5.82 Å². The van der Waals surface area contributed by atoms with Gasteiger partial charge in [0, 0.05) is 47.7 Å². The Kier molecular flexibility index (Phi) is 4.48. The van der Waals surface area contributed by atoms with E-state index in [9.17, 15) is 4.39 Å². The molecule has 1 fully saturated rings. The second-order valence-electron chi connectivity index (χ2n) is 6.26. The lowest BCUT2D eigenvalue weighted by Crippen LogP contribution is -2.29. The summed E-state index contributed by atoms with van der Waals surface area (Å²) in [5.41, 5.74) is 3.11. The number of rotatable bonds is 3. The van der Waals surface area contributed by atoms with Crippen LogP contribution in [-0.4, -0.2) is 28.0 Å². The molecule has 1 atom stereocenters. The highest BCUT2D eigenvalue weighted by molar-refractivity contribution is 5.68. The summed E-state index contributed by atoms with van der Waals surface area (Å²) in [7, 11) is 0. The van der Waals surface area contributed by atoms with Crippen LogP contribution >= 0.6 is 0 Å². The number of nitrogens with zero attached hydrogens (tertiary/aromatic N) is 3. The summed E-state index contributed by atoms with van der Waals surface area (Å²) < 4.78 is 14.4. The highest BCUT2D eigenvalue weighted by Crippen LogP contribution is 2.33. The molecule has 0 amide bonds. The molecule has 1 aliphatic rings. The first-order chi connectivity index (χ1) is 12.3. The Morgan fingerprint density at radius 3 is 2.72 bits per heavy atom. The Bertz CT molecular complexity index is 861. The van der Waals surface area contributed by atoms with Crippen molar-refractivity contribution in [3.63, 3.8) is 0 Å². The Labute approximate surface area is 146 Å². The van der Waals surface area contributed by atoms with Crippen LogP contribution in [0.2, 0.25) is 0 Å². The van der Waals surface area contributed by atoms with Gasteiger partial charge in [0.05, 0.1) is 5.69 Å². The van der Waals surface area contributed by atoms with Crippen molar-refractivity contribution in [1.29, 1.82) is 0 Å². The number of pyridine rings is 1. The molecule has 3 aromatic rings. The summed E-state index contributed by atoms with van der Waals surface area (Å²) in [4.78, 5) is 13.5. The van der Waals surface area contributed by atoms with E-state index >= 15 is 0 Å². The smallest absolute Gasteiger partial charge is 0.160 e. The molecule has 5 heteroatoms. The first-order valence-corrected chi connectivity index (χ1v) is 8.56. The predicted octanol–water partition coefficient (Wildman–Crippen LogP) is 3.81. The van der Waals surface area contributed by atoms with Crippen LogP contribution in [0.15, 0.2) is 55.0 Å². The van der Waals surface area contributed by atoms with E-state index < -0.39 is 0 Å². The minimum absolute atomic E-state index is 0.245. The fourth-order valence-corrected chi connectivity index (χ4v) is 3.31. The Balaban J connectivity index is 1.84. The van der Waals surface area contributed by atoms with Crippen LogP contribution in [0.3, 0.4) is 0 Å². The molecule has 4 rings (SSSR count). The van der Waals surface area contributed by atoms with Crippen LogP contribution < -0.4 is 5.32 Å². The van der Waals surface area contributed by atoms with E-state index in [4.69, 9.17) is 4.98 Å². The fraction of sp³-hybridized carbons (Fsp3) is 0.250. The second kappa shape index (κ2) is 7.07. The van der Waals surface area contributed by atoms with Gasteiger partial charge in [0.25, 0.3) is 0 Å². The van der Waals surface area contributed by atoms with E-state index in [-0.39, 0.29) is 11.7 Å². The lowest BCUT2D eigenvalue weighted by molar-refractivity contribution is 0.455. The zero-order valence-corrected chi connectivity index (χ0v) is 13.8. The second-order valence-corrected chi connectivity index (χ2v) is 6.26. The van der Waals surface area contributed by atoms with Crippen molar-refractivity contribution < 1.29 is 4.39 Å². The standard InChI is InChI=1S/C20H19FN4/c21-18-8-2-1-7-16(18)17-13-24-20(15-6-4-10-23-12-15)25-19(17)14-5-3-9-22-11-14/h1-2,4,6-8,10,12-14,22H,3,5,9,11H2. The van der Waals surface area contributed by atoms with Gasteiger partial charge in [-0.2, -0.15) is 0 Å². The first-order valence-electron chi connectivity index (χ1n) is 8.56. The molecule has 1 N–H and O–H groups in total. The molecule has 126 valence electrons. The maximum absolute atomic E-state index is 14.4. The van der Waals surface area contributed by atoms with Gasteiger partial charge in [-0.1, -0.05) is 18.2 Å². The highest BCUT2D eigenvalue weighted by atomic mass is 19.1. The van der Waals surface area contributed by atoms with Gasteiger partial charge in [0.15, 0.2) is 5.82 Å². The molecule has 2 aromatic heterocycles. The summed E-state index contributed by atoms with van der Waals surface area (Å²) in [6.07, 6.45) is 7.35. The van der Waals surface area contributed by atoms with Crippen LogP contribution in [0.5, 0.6) is 0 Å². The van der Waals surface area contributed by atoms with Crippen LogP contribution in [0.25, 0.3) is 22.5 Å². The van der Waals surface area contributed by atoms with Gasteiger partial charge in [0.2, 0.25) is 0 Å². The number of aromatic nitrogens is 3. The minimum atomic E-state index is -0.245. The molecule has 1 aromatic carbocycles. The molecule has 25 heavy (non-hydrogen) atoms. The topological polar surface area (TPSA) is 50.7 Å². The van der Waals surface area contributed by atoms with E-state index in [1.807, 2.05) is 18.2 Å². The van der Waals surface area contributed by atoms with E-state index in [0.717, 1.165) is 42.8 Å². The SMILES string of the molecule is Fc1ccccc1-c1cnc(-c2cccnc2)nc1C1CCCNC1. The van der Waals surface area contributed by atoms with Crippen molar-refractivity contribution in [2.75, 3.05) is 13.1 Å². The molecular weight excluding hydrogens is 315 g/mol. The van der Waals surface area contributed by atoms with Gasteiger partial charge in [-0.15, -0.1) is 0 Å². The molecule has 1 saturated heterocycles. The van der Waals surface area contributed by atoms with Crippen molar-refractivity contribution in [2.24, 2.45) is 0 Å². The molecule has 0 radical (unpaired) electrons. The van der Waals surface area contributed by atoms with Crippen molar-refractivity contribution in [3.05, 3.63) is 66.5 Å². The van der Waals surface area contributed by atoms with Crippen LogP contribution in [0.4, 0.5) is 4.39 Å². The van der Waals surface area contributed by atoms with E-state index in [0.29, 0.717) is 11.4 Å². The van der Waals surface area contributed by atoms with Crippen molar-refractivity contribution in [3.8, 4) is 22.5 Å². The molecular formula is C20H19FN4. The van der Waals surface area contributed by atoms with Gasteiger partial charge in [-0.05, 0) is 37.6 Å². The summed E-state index contributed by atoms with van der Waals surface area (Å²) in [6, 6.07) is 10.6. The maximum atomic E-state index is 14.4. The molecule has 3 heterocycles. The van der Waals surface area contributed by atoms with Crippen molar-refractivity contribution in [1.82, 2.24) is 20.3 Å². The minimum Gasteiger partial charge on any atom is -0.316 e. The van der Waals surface area contributed by atoms with Gasteiger partial charge in [-0.25, -0.2) is 14.4 Å². The average molecular weight is 334 g/mol. The van der Waals surface area contributed by atoms with E-state index in [2.05, 4.69) is 15.3 Å². The number of nitrogens with one attached hydrogen (secondary N) is 1. The summed E-state index contributed by atoms with van der Waals surface area (Å²) in [6.45, 7) is 1.87. The highest BCUT2D eigenvalue weighted by Gasteiger charge is 2.23. The van der Waals surface area contributed by atoms with Gasteiger partial charge >= 0.3 is 0 Å². The zero-order valence-electron chi connectivity index (χ0n) is 13.8. The Morgan fingerprint density at radius 1 is 1.04 bits per heavy atom. The van der Waals surface area contributed by atoms with Crippen LogP contribution in [-0.2, 0) is 0 Å². The van der Waals surface area contributed by atoms with Gasteiger partial charge in [0.1, 0.15) is 5.82 Å². The third-order valence-corrected chi connectivity index (χ3v) is 4.59. The van der Waals surface area contributed by atoms with Crippen LogP contribution in [0.1, 0.15) is 24.5 Å². The number of hydrogen-bond donors (Lipinski definition) is 1. The quantitative estimate of drug-likeness (QED) is 0.791. The molecule has 0 saturated carbocycles. The molecule has 4 nitrogen and oxygen atoms in total. The summed E-state index contributed by atoms with van der Waals surface area (Å²) in [5.74, 6) is 0.640. The van der Waals surface area contributed by atoms with Crippen molar-refractivity contribution >= 4 is 0 Å². The number of benzene rings is 1. The molecule has 0 spiro atoms. The van der Waals surface area contributed by atoms with E-state index in [1.54, 1.807) is 30.7 Å². The largest absolute Gasteiger partial charge is 0.316 e. The van der Waals surface area contributed by atoms with Gasteiger partial charge < -0.3 is 5.32 Å². The maximum Gasteiger partial charge on any atom is 0.160 e. The third-order valence-electron chi connectivity index (χ3n) is 4.59. The monoisotopic (exact) mass is 334 g/mol. The zero-order chi connectivity index (χ0) is 17.1. The molecule has 1 aliphatic heterocycles. The van der Waals surface area contributed by atoms with E-state index in [1.165, 1.54) is 6.07 Å². The predicted molar refractivity (Wildman–Crippen MR) is 95.5 cm³/mol. The molecule has 0 bridgehead atoms. The Hall–Kier alpha value is -2.66. The third kappa shape index (κ3) is 3.28. The van der Waals surface area contributed by atoms with Crippen molar-refractivity contribution in [2.45, 2.75) is 18.8 Å².